The van der Waals surface area contributed by atoms with E-state index in [4.69, 9.17) is 14.2 Å². The van der Waals surface area contributed by atoms with Gasteiger partial charge in [0, 0.05) is 19.4 Å². The van der Waals surface area contributed by atoms with Crippen LogP contribution in [0.15, 0.2) is 12.2 Å². The summed E-state index contributed by atoms with van der Waals surface area (Å²) >= 11 is 0. The maximum Gasteiger partial charge on any atom is 0.306 e. The van der Waals surface area contributed by atoms with Crippen molar-refractivity contribution in [3.63, 3.8) is 0 Å². The molecule has 0 radical (unpaired) electrons. The Morgan fingerprint density at radius 1 is 0.375 bits per heavy atom. The number of esters is 2. The fourth-order valence-electron chi connectivity index (χ4n) is 7.51. The van der Waals surface area contributed by atoms with Crippen LogP contribution in [0.2, 0.25) is 0 Å². The topological polar surface area (TPSA) is 61.8 Å². The third-order valence-corrected chi connectivity index (χ3v) is 11.3. The number of carbonyl (C=O) groups is 2. The average molecular weight is 791 g/mol. The van der Waals surface area contributed by atoms with E-state index in [1.54, 1.807) is 0 Å². The van der Waals surface area contributed by atoms with E-state index in [2.05, 4.69) is 32.9 Å². The molecule has 0 N–H and O–H groups in total. The summed E-state index contributed by atoms with van der Waals surface area (Å²) in [4.78, 5) is 25.3. The van der Waals surface area contributed by atoms with Crippen LogP contribution in [-0.4, -0.2) is 37.9 Å². The number of rotatable bonds is 47. The lowest BCUT2D eigenvalue weighted by molar-refractivity contribution is -0.163. The first-order valence-corrected chi connectivity index (χ1v) is 25.2. The second-order valence-corrected chi connectivity index (χ2v) is 17.1. The number of hydrogen-bond donors (Lipinski definition) is 0. The highest BCUT2D eigenvalue weighted by atomic mass is 16.6. The first-order valence-electron chi connectivity index (χ1n) is 25.2. The van der Waals surface area contributed by atoms with Crippen LogP contribution >= 0.6 is 0 Å². The zero-order valence-electron chi connectivity index (χ0n) is 38.2. The van der Waals surface area contributed by atoms with Gasteiger partial charge in [0.15, 0.2) is 6.10 Å². The van der Waals surface area contributed by atoms with Gasteiger partial charge in [-0.25, -0.2) is 0 Å². The quantitative estimate of drug-likeness (QED) is 0.0349. The third-order valence-electron chi connectivity index (χ3n) is 11.3. The van der Waals surface area contributed by atoms with Crippen molar-refractivity contribution < 1.29 is 23.8 Å². The molecule has 0 fully saturated rings. The van der Waals surface area contributed by atoms with Crippen LogP contribution in [0.25, 0.3) is 0 Å². The van der Waals surface area contributed by atoms with Crippen molar-refractivity contribution in [3.8, 4) is 0 Å². The van der Waals surface area contributed by atoms with Gasteiger partial charge in [-0.2, -0.15) is 0 Å². The fraction of sp³-hybridized carbons (Fsp3) is 0.922. The molecule has 0 aliphatic rings. The van der Waals surface area contributed by atoms with E-state index in [1.807, 2.05) is 0 Å². The number of allylic oxidation sites excluding steroid dienone is 2. The summed E-state index contributed by atoms with van der Waals surface area (Å²) in [5.74, 6) is -0.382. The van der Waals surface area contributed by atoms with Crippen LogP contribution in [0.1, 0.15) is 278 Å². The van der Waals surface area contributed by atoms with Crippen LogP contribution in [0.4, 0.5) is 0 Å². The summed E-state index contributed by atoms with van der Waals surface area (Å²) in [6, 6.07) is 0. The molecule has 5 nitrogen and oxygen atoms in total. The summed E-state index contributed by atoms with van der Waals surface area (Å²) in [6.07, 6.45) is 53.6. The second-order valence-electron chi connectivity index (χ2n) is 17.1. The minimum Gasteiger partial charge on any atom is -0.462 e. The highest BCUT2D eigenvalue weighted by molar-refractivity contribution is 5.70. The smallest absolute Gasteiger partial charge is 0.306 e. The van der Waals surface area contributed by atoms with Crippen molar-refractivity contribution in [2.24, 2.45) is 0 Å². The van der Waals surface area contributed by atoms with Gasteiger partial charge < -0.3 is 14.2 Å². The Hall–Kier alpha value is -1.36. The Bertz CT molecular complexity index is 810. The average Bonchev–Trinajstić information content (AvgIpc) is 3.20. The minimum absolute atomic E-state index is 0.0930. The molecular formula is C51H98O5. The van der Waals surface area contributed by atoms with Crippen LogP contribution in [0, 0.1) is 0 Å². The number of unbranched alkanes of at least 4 members (excludes halogenated alkanes) is 34. The maximum atomic E-state index is 12.7. The SMILES string of the molecule is CCCCCCCC/C=C\CCCCCCCCCCOCC(COC(=O)CCCCCCCCCCCCC)OC(=O)CCCCCCCCCCCCC. The lowest BCUT2D eigenvalue weighted by Gasteiger charge is -2.18. The van der Waals surface area contributed by atoms with Crippen molar-refractivity contribution >= 4 is 11.9 Å². The molecule has 0 saturated carbocycles. The van der Waals surface area contributed by atoms with E-state index in [1.165, 1.54) is 212 Å². The molecule has 0 spiro atoms. The Morgan fingerprint density at radius 2 is 0.696 bits per heavy atom. The molecule has 1 atom stereocenters. The first-order chi connectivity index (χ1) is 27.6. The monoisotopic (exact) mass is 791 g/mol. The molecule has 0 aromatic heterocycles. The van der Waals surface area contributed by atoms with E-state index >= 15 is 0 Å². The lowest BCUT2D eigenvalue weighted by atomic mass is 10.1. The van der Waals surface area contributed by atoms with Crippen molar-refractivity contribution in [2.75, 3.05) is 19.8 Å². The summed E-state index contributed by atoms with van der Waals surface area (Å²) in [6.45, 7) is 7.86. The van der Waals surface area contributed by atoms with Crippen LogP contribution < -0.4 is 0 Å². The standard InChI is InChI=1S/C51H98O5/c1-4-7-10-13-16-19-22-23-24-25-26-27-28-31-34-37-40-43-46-54-47-49(56-51(53)45-42-39-36-33-30-21-18-15-12-9-6-3)48-55-50(52)44-41-38-35-32-29-20-17-14-11-8-5-2/h23-24,49H,4-22,25-48H2,1-3H3/b24-23-. The molecule has 0 aliphatic heterocycles. The van der Waals surface area contributed by atoms with Gasteiger partial charge in [-0.3, -0.25) is 9.59 Å². The Morgan fingerprint density at radius 3 is 1.09 bits per heavy atom. The highest BCUT2D eigenvalue weighted by Gasteiger charge is 2.17. The van der Waals surface area contributed by atoms with E-state index < -0.39 is 6.10 Å². The zero-order valence-corrected chi connectivity index (χ0v) is 38.2. The first kappa shape index (κ1) is 54.6. The number of carbonyl (C=O) groups excluding carboxylic acids is 2. The van der Waals surface area contributed by atoms with Crippen LogP contribution in [0.3, 0.4) is 0 Å². The predicted octanol–water partition coefficient (Wildman–Crippen LogP) is 16.7. The molecule has 0 amide bonds. The fourth-order valence-corrected chi connectivity index (χ4v) is 7.51. The van der Waals surface area contributed by atoms with E-state index in [-0.39, 0.29) is 18.5 Å². The number of ether oxygens (including phenoxy) is 3. The van der Waals surface area contributed by atoms with Gasteiger partial charge in [-0.1, -0.05) is 232 Å². The molecule has 0 saturated heterocycles. The van der Waals surface area contributed by atoms with Crippen molar-refractivity contribution in [1.82, 2.24) is 0 Å². The van der Waals surface area contributed by atoms with Gasteiger partial charge in [0.2, 0.25) is 0 Å². The molecule has 1 unspecified atom stereocenters. The van der Waals surface area contributed by atoms with E-state index in [9.17, 15) is 9.59 Å². The molecule has 56 heavy (non-hydrogen) atoms. The zero-order chi connectivity index (χ0) is 40.7. The lowest BCUT2D eigenvalue weighted by Crippen LogP contribution is -2.30. The molecule has 0 heterocycles. The Kier molecular flexibility index (Phi) is 46.8. The van der Waals surface area contributed by atoms with Gasteiger partial charge >= 0.3 is 11.9 Å². The van der Waals surface area contributed by atoms with Crippen molar-refractivity contribution in [1.29, 1.82) is 0 Å². The molecular weight excluding hydrogens is 693 g/mol. The van der Waals surface area contributed by atoms with E-state index in [0.29, 0.717) is 26.1 Å². The van der Waals surface area contributed by atoms with Crippen molar-refractivity contribution in [3.05, 3.63) is 12.2 Å². The number of hydrogen-bond acceptors (Lipinski definition) is 5. The molecule has 0 aromatic rings. The highest BCUT2D eigenvalue weighted by Crippen LogP contribution is 2.15. The Balaban J connectivity index is 4.16. The molecule has 0 bridgehead atoms. The van der Waals surface area contributed by atoms with Gasteiger partial charge in [0.1, 0.15) is 6.61 Å². The van der Waals surface area contributed by atoms with Gasteiger partial charge in [-0.05, 0) is 44.9 Å². The van der Waals surface area contributed by atoms with E-state index in [0.717, 1.165) is 32.1 Å². The molecule has 332 valence electrons. The maximum absolute atomic E-state index is 12.7. The minimum atomic E-state index is -0.526. The summed E-state index contributed by atoms with van der Waals surface area (Å²) in [7, 11) is 0. The van der Waals surface area contributed by atoms with Crippen LogP contribution in [0.5, 0.6) is 0 Å². The van der Waals surface area contributed by atoms with Gasteiger partial charge in [0.25, 0.3) is 0 Å². The second kappa shape index (κ2) is 48.0. The summed E-state index contributed by atoms with van der Waals surface area (Å²) in [5.41, 5.74) is 0. The normalized spacial score (nSPS) is 12.1. The molecule has 5 heteroatoms. The van der Waals surface area contributed by atoms with Gasteiger partial charge in [0.05, 0.1) is 6.61 Å². The van der Waals surface area contributed by atoms with Crippen molar-refractivity contribution in [2.45, 2.75) is 284 Å². The summed E-state index contributed by atoms with van der Waals surface area (Å²) < 4.78 is 17.4. The van der Waals surface area contributed by atoms with Gasteiger partial charge in [-0.15, -0.1) is 0 Å². The largest absolute Gasteiger partial charge is 0.462 e. The third kappa shape index (κ3) is 45.3. The Labute approximate surface area is 350 Å². The van der Waals surface area contributed by atoms with Crippen LogP contribution in [-0.2, 0) is 23.8 Å². The molecule has 0 rings (SSSR count). The predicted molar refractivity (Wildman–Crippen MR) is 242 cm³/mol. The molecule has 0 aromatic carbocycles. The molecule has 0 aliphatic carbocycles. The summed E-state index contributed by atoms with van der Waals surface area (Å²) in [5, 5.41) is 0.